The van der Waals surface area contributed by atoms with Crippen molar-refractivity contribution < 1.29 is 13.9 Å². The number of aryl methyl sites for hydroxylation is 1. The predicted octanol–water partition coefficient (Wildman–Crippen LogP) is 2.47. The lowest BCUT2D eigenvalue weighted by atomic mass is 9.98. The van der Waals surface area contributed by atoms with Gasteiger partial charge < -0.3 is 14.5 Å². The Morgan fingerprint density at radius 1 is 1.25 bits per heavy atom. The number of amides is 1. The van der Waals surface area contributed by atoms with Crippen molar-refractivity contribution in [1.29, 1.82) is 0 Å². The lowest BCUT2D eigenvalue weighted by molar-refractivity contribution is 0.0299. The van der Waals surface area contributed by atoms with Crippen molar-refractivity contribution in [1.82, 2.24) is 14.9 Å². The number of morpholine rings is 1. The summed E-state index contributed by atoms with van der Waals surface area (Å²) in [7, 11) is 0. The Kier molecular flexibility index (Phi) is 5.52. The quantitative estimate of drug-likeness (QED) is 0.811. The smallest absolute Gasteiger partial charge is 0.274 e. The van der Waals surface area contributed by atoms with Gasteiger partial charge in [0.15, 0.2) is 0 Å². The van der Waals surface area contributed by atoms with E-state index in [2.05, 4.69) is 14.9 Å². The number of anilines is 1. The fourth-order valence-electron chi connectivity index (χ4n) is 3.84. The lowest BCUT2D eigenvalue weighted by Crippen LogP contribution is -2.41. The highest BCUT2D eigenvalue weighted by Gasteiger charge is 2.26. The number of rotatable bonds is 4. The van der Waals surface area contributed by atoms with E-state index in [1.165, 1.54) is 6.20 Å². The van der Waals surface area contributed by atoms with E-state index in [9.17, 15) is 9.18 Å². The number of hydrogen-bond donors (Lipinski definition) is 0. The molecule has 1 atom stereocenters. The fourth-order valence-corrected chi connectivity index (χ4v) is 3.84. The van der Waals surface area contributed by atoms with Gasteiger partial charge in [0, 0.05) is 26.2 Å². The molecule has 0 N–H and O–H groups in total. The highest BCUT2D eigenvalue weighted by atomic mass is 19.1. The molecule has 4 rings (SSSR count). The molecular formula is C21H25FN4O2. The van der Waals surface area contributed by atoms with E-state index >= 15 is 0 Å². The van der Waals surface area contributed by atoms with Crippen LogP contribution in [-0.2, 0) is 11.2 Å². The SMILES string of the molecule is Cc1ccc(CC2CCN(c3cncc(C(=O)N4CCOCC4)n3)C2)cc1F. The van der Waals surface area contributed by atoms with Gasteiger partial charge in [0.05, 0.1) is 25.6 Å². The van der Waals surface area contributed by atoms with Gasteiger partial charge in [0.1, 0.15) is 17.3 Å². The van der Waals surface area contributed by atoms with E-state index in [4.69, 9.17) is 4.74 Å². The number of hydrogen-bond acceptors (Lipinski definition) is 5. The lowest BCUT2D eigenvalue weighted by Gasteiger charge is -2.26. The van der Waals surface area contributed by atoms with Gasteiger partial charge in [-0.15, -0.1) is 0 Å². The van der Waals surface area contributed by atoms with E-state index in [-0.39, 0.29) is 11.7 Å². The Labute approximate surface area is 164 Å². The van der Waals surface area contributed by atoms with Crippen LogP contribution in [-0.4, -0.2) is 60.2 Å². The van der Waals surface area contributed by atoms with Gasteiger partial charge in [-0.1, -0.05) is 12.1 Å². The van der Waals surface area contributed by atoms with Gasteiger partial charge in [0.2, 0.25) is 0 Å². The van der Waals surface area contributed by atoms with Gasteiger partial charge >= 0.3 is 0 Å². The Balaban J connectivity index is 1.41. The summed E-state index contributed by atoms with van der Waals surface area (Å²) in [4.78, 5) is 25.4. The number of aromatic nitrogens is 2. The van der Waals surface area contributed by atoms with Crippen LogP contribution in [0.2, 0.25) is 0 Å². The standard InChI is InChI=1S/C21H25FN4O2/c1-15-2-3-16(11-18(15)22)10-17-4-5-26(14-17)20-13-23-12-19(24-20)21(27)25-6-8-28-9-7-25/h2-3,11-13,17H,4-10,14H2,1H3. The molecule has 0 aliphatic carbocycles. The average Bonchev–Trinajstić information content (AvgIpc) is 3.19. The first-order valence-corrected chi connectivity index (χ1v) is 9.79. The zero-order valence-corrected chi connectivity index (χ0v) is 16.1. The molecule has 148 valence electrons. The number of nitrogens with zero attached hydrogens (tertiary/aromatic N) is 4. The van der Waals surface area contributed by atoms with Crippen molar-refractivity contribution >= 4 is 11.7 Å². The van der Waals surface area contributed by atoms with Crippen LogP contribution in [0.1, 0.15) is 28.0 Å². The maximum absolute atomic E-state index is 13.8. The molecule has 28 heavy (non-hydrogen) atoms. The monoisotopic (exact) mass is 384 g/mol. The minimum atomic E-state index is -0.146. The van der Waals surface area contributed by atoms with E-state index < -0.39 is 0 Å². The van der Waals surface area contributed by atoms with E-state index in [0.717, 1.165) is 37.3 Å². The van der Waals surface area contributed by atoms with Gasteiger partial charge in [0.25, 0.3) is 5.91 Å². The van der Waals surface area contributed by atoms with Crippen molar-refractivity contribution in [2.45, 2.75) is 19.8 Å². The van der Waals surface area contributed by atoms with Crippen LogP contribution in [0.25, 0.3) is 0 Å². The Morgan fingerprint density at radius 3 is 2.86 bits per heavy atom. The molecule has 1 unspecified atom stereocenters. The summed E-state index contributed by atoms with van der Waals surface area (Å²) in [5.74, 6) is 0.926. The number of benzene rings is 1. The minimum absolute atomic E-state index is 0.0940. The Bertz CT molecular complexity index is 854. The molecule has 0 radical (unpaired) electrons. The second-order valence-corrected chi connectivity index (χ2v) is 7.56. The Morgan fingerprint density at radius 2 is 2.07 bits per heavy atom. The predicted molar refractivity (Wildman–Crippen MR) is 104 cm³/mol. The zero-order chi connectivity index (χ0) is 19.5. The van der Waals surface area contributed by atoms with Crippen molar-refractivity contribution in [2.75, 3.05) is 44.3 Å². The van der Waals surface area contributed by atoms with Crippen LogP contribution in [0.5, 0.6) is 0 Å². The summed E-state index contributed by atoms with van der Waals surface area (Å²) in [5.41, 5.74) is 2.08. The maximum atomic E-state index is 13.8. The van der Waals surface area contributed by atoms with Crippen LogP contribution in [0.4, 0.5) is 10.2 Å². The minimum Gasteiger partial charge on any atom is -0.378 e. The van der Waals surface area contributed by atoms with E-state index in [1.807, 2.05) is 12.1 Å². The molecular weight excluding hydrogens is 359 g/mol. The number of halogens is 1. The van der Waals surface area contributed by atoms with E-state index in [0.29, 0.717) is 43.5 Å². The molecule has 2 aromatic rings. The third-order valence-electron chi connectivity index (χ3n) is 5.51. The molecule has 3 heterocycles. The Hall–Kier alpha value is -2.54. The topological polar surface area (TPSA) is 58.6 Å². The summed E-state index contributed by atoms with van der Waals surface area (Å²) < 4.78 is 19.1. The van der Waals surface area contributed by atoms with Crippen molar-refractivity contribution in [3.8, 4) is 0 Å². The fraction of sp³-hybridized carbons (Fsp3) is 0.476. The molecule has 2 aliphatic rings. The summed E-state index contributed by atoms with van der Waals surface area (Å²) in [6, 6.07) is 5.48. The molecule has 1 amide bonds. The van der Waals surface area contributed by atoms with Crippen molar-refractivity contribution in [3.63, 3.8) is 0 Å². The van der Waals surface area contributed by atoms with Crippen LogP contribution in [0, 0.1) is 18.7 Å². The molecule has 1 aromatic carbocycles. The summed E-state index contributed by atoms with van der Waals surface area (Å²) in [5, 5.41) is 0. The highest BCUT2D eigenvalue weighted by Crippen LogP contribution is 2.25. The zero-order valence-electron chi connectivity index (χ0n) is 16.1. The first-order chi connectivity index (χ1) is 13.6. The van der Waals surface area contributed by atoms with Crippen LogP contribution < -0.4 is 4.90 Å². The molecule has 1 aromatic heterocycles. The third-order valence-corrected chi connectivity index (χ3v) is 5.51. The third kappa shape index (κ3) is 4.14. The second-order valence-electron chi connectivity index (χ2n) is 7.56. The first kappa shape index (κ1) is 18.8. The molecule has 0 saturated carbocycles. The largest absolute Gasteiger partial charge is 0.378 e. The number of carbonyl (C=O) groups is 1. The van der Waals surface area contributed by atoms with Gasteiger partial charge in [-0.25, -0.2) is 9.37 Å². The summed E-state index contributed by atoms with van der Waals surface area (Å²) in [6.07, 6.45) is 5.10. The van der Waals surface area contributed by atoms with Gasteiger partial charge in [-0.05, 0) is 42.9 Å². The van der Waals surface area contributed by atoms with Crippen molar-refractivity contribution in [3.05, 3.63) is 53.2 Å². The number of ether oxygens (including phenoxy) is 1. The molecule has 0 spiro atoms. The molecule has 6 nitrogen and oxygen atoms in total. The molecule has 7 heteroatoms. The molecule has 2 aliphatic heterocycles. The highest BCUT2D eigenvalue weighted by molar-refractivity contribution is 5.92. The normalized spacial score (nSPS) is 19.9. The van der Waals surface area contributed by atoms with Crippen molar-refractivity contribution in [2.24, 2.45) is 5.92 Å². The van der Waals surface area contributed by atoms with Gasteiger partial charge in [-0.3, -0.25) is 9.78 Å². The maximum Gasteiger partial charge on any atom is 0.274 e. The average molecular weight is 384 g/mol. The van der Waals surface area contributed by atoms with Crippen LogP contribution in [0.3, 0.4) is 0 Å². The first-order valence-electron chi connectivity index (χ1n) is 9.79. The number of carbonyl (C=O) groups excluding carboxylic acids is 1. The van der Waals surface area contributed by atoms with E-state index in [1.54, 1.807) is 24.1 Å². The summed E-state index contributed by atoms with van der Waals surface area (Å²) in [6.45, 7) is 5.77. The van der Waals surface area contributed by atoms with Gasteiger partial charge in [-0.2, -0.15) is 0 Å². The second kappa shape index (κ2) is 8.22. The molecule has 2 saturated heterocycles. The van der Waals surface area contributed by atoms with Crippen LogP contribution in [0.15, 0.2) is 30.6 Å². The molecule has 0 bridgehead atoms. The molecule has 2 fully saturated rings. The summed E-state index contributed by atoms with van der Waals surface area (Å²) >= 11 is 0. The van der Waals surface area contributed by atoms with Crippen LogP contribution >= 0.6 is 0 Å².